The third kappa shape index (κ3) is 5.18. The number of nitrogens with zero attached hydrogens (tertiary/aromatic N) is 1. The van der Waals surface area contributed by atoms with Crippen molar-refractivity contribution in [2.24, 2.45) is 0 Å². The van der Waals surface area contributed by atoms with Crippen molar-refractivity contribution in [3.05, 3.63) is 58.9 Å². The summed E-state index contributed by atoms with van der Waals surface area (Å²) in [6.07, 6.45) is -4.63. The van der Waals surface area contributed by atoms with Gasteiger partial charge in [0.2, 0.25) is 15.9 Å². The first-order valence-corrected chi connectivity index (χ1v) is 9.11. The molecule has 1 N–H and O–H groups in total. The summed E-state index contributed by atoms with van der Waals surface area (Å²) in [5, 5.41) is 2.01. The van der Waals surface area contributed by atoms with Crippen LogP contribution in [0.1, 0.15) is 5.56 Å². The van der Waals surface area contributed by atoms with E-state index in [1.165, 1.54) is 0 Å². The molecular formula is C16H13ClF4N2O3S. The molecule has 0 bridgehead atoms. The van der Waals surface area contributed by atoms with Gasteiger partial charge in [-0.2, -0.15) is 17.5 Å². The van der Waals surface area contributed by atoms with Gasteiger partial charge in [-0.3, -0.25) is 4.79 Å². The van der Waals surface area contributed by atoms with Crippen LogP contribution >= 0.6 is 11.6 Å². The number of nitrogens with one attached hydrogen (secondary N) is 1. The third-order valence-electron chi connectivity index (χ3n) is 3.46. The Hall–Kier alpha value is -2.17. The van der Waals surface area contributed by atoms with E-state index in [0.717, 1.165) is 43.4 Å². The van der Waals surface area contributed by atoms with Crippen molar-refractivity contribution in [2.75, 3.05) is 18.9 Å². The number of carbonyl (C=O) groups excluding carboxylic acids is 1. The number of hydrogen-bond donors (Lipinski definition) is 1. The minimum atomic E-state index is -4.63. The lowest BCUT2D eigenvalue weighted by Crippen LogP contribution is -2.35. The molecule has 0 saturated heterocycles. The Bertz CT molecular complexity index is 947. The van der Waals surface area contributed by atoms with E-state index in [-0.39, 0.29) is 15.6 Å². The maximum atomic E-state index is 12.9. The van der Waals surface area contributed by atoms with E-state index >= 15 is 0 Å². The summed E-state index contributed by atoms with van der Waals surface area (Å²) in [5.74, 6) is -1.53. The summed E-state index contributed by atoms with van der Waals surface area (Å²) < 4.78 is 76.5. The summed E-state index contributed by atoms with van der Waals surface area (Å²) in [4.78, 5) is 11.8. The van der Waals surface area contributed by atoms with Gasteiger partial charge in [0.15, 0.2) is 0 Å². The molecule has 1 amide bonds. The minimum Gasteiger partial charge on any atom is -0.324 e. The molecule has 146 valence electrons. The first-order chi connectivity index (χ1) is 12.4. The number of hydrogen-bond acceptors (Lipinski definition) is 3. The number of anilines is 1. The van der Waals surface area contributed by atoms with Crippen LogP contribution in [0.5, 0.6) is 0 Å². The summed E-state index contributed by atoms with van der Waals surface area (Å²) in [7, 11) is -2.99. The van der Waals surface area contributed by atoms with Crippen LogP contribution in [0.15, 0.2) is 47.4 Å². The van der Waals surface area contributed by atoms with Crippen LogP contribution in [0.4, 0.5) is 23.2 Å². The first-order valence-electron chi connectivity index (χ1n) is 7.30. The zero-order valence-electron chi connectivity index (χ0n) is 13.7. The molecule has 0 aliphatic carbocycles. The standard InChI is InChI=1S/C16H13ClF4N2O3S/c1-23(27(25,26)12-5-3-11(18)4-6-12)9-15(24)22-14-8-10(16(19,20)21)2-7-13(14)17/h2-8H,9H2,1H3,(H,22,24). The predicted octanol–water partition coefficient (Wildman–Crippen LogP) is 3.76. The summed E-state index contributed by atoms with van der Waals surface area (Å²) in [5.41, 5.74) is -1.32. The zero-order valence-corrected chi connectivity index (χ0v) is 15.3. The van der Waals surface area contributed by atoms with E-state index < -0.39 is 40.0 Å². The van der Waals surface area contributed by atoms with E-state index in [0.29, 0.717) is 10.4 Å². The number of alkyl halides is 3. The summed E-state index contributed by atoms with van der Waals surface area (Å²) in [6, 6.07) is 6.33. The van der Waals surface area contributed by atoms with E-state index in [2.05, 4.69) is 5.32 Å². The van der Waals surface area contributed by atoms with Crippen LogP contribution in [-0.4, -0.2) is 32.2 Å². The Morgan fingerprint density at radius 2 is 1.74 bits per heavy atom. The van der Waals surface area contributed by atoms with Crippen molar-refractivity contribution in [1.29, 1.82) is 0 Å². The van der Waals surface area contributed by atoms with Crippen molar-refractivity contribution in [2.45, 2.75) is 11.1 Å². The van der Waals surface area contributed by atoms with Gasteiger partial charge in [-0.25, -0.2) is 12.8 Å². The number of likely N-dealkylation sites (N-methyl/N-ethyl adjacent to an activating group) is 1. The Morgan fingerprint density at radius 3 is 2.30 bits per heavy atom. The SMILES string of the molecule is CN(CC(=O)Nc1cc(C(F)(F)F)ccc1Cl)S(=O)(=O)c1ccc(F)cc1. The topological polar surface area (TPSA) is 66.5 Å². The van der Waals surface area contributed by atoms with Gasteiger partial charge in [0.25, 0.3) is 0 Å². The summed E-state index contributed by atoms with van der Waals surface area (Å²) >= 11 is 5.78. The van der Waals surface area contributed by atoms with E-state index in [1.807, 2.05) is 0 Å². The molecule has 0 saturated carbocycles. The van der Waals surface area contributed by atoms with E-state index in [9.17, 15) is 30.8 Å². The largest absolute Gasteiger partial charge is 0.416 e. The minimum absolute atomic E-state index is 0.139. The lowest BCUT2D eigenvalue weighted by atomic mass is 10.2. The second-order valence-corrected chi connectivity index (χ2v) is 7.91. The highest BCUT2D eigenvalue weighted by Gasteiger charge is 2.31. The number of sulfonamides is 1. The van der Waals surface area contributed by atoms with Crippen molar-refractivity contribution >= 4 is 33.2 Å². The Balaban J connectivity index is 2.14. The predicted molar refractivity (Wildman–Crippen MR) is 91.3 cm³/mol. The van der Waals surface area contributed by atoms with E-state index in [4.69, 9.17) is 11.6 Å². The number of rotatable bonds is 5. The molecule has 0 atom stereocenters. The van der Waals surface area contributed by atoms with Gasteiger partial charge in [0.05, 0.1) is 27.7 Å². The van der Waals surface area contributed by atoms with Crippen molar-refractivity contribution in [3.8, 4) is 0 Å². The summed E-state index contributed by atoms with van der Waals surface area (Å²) in [6.45, 7) is -0.688. The van der Waals surface area contributed by atoms with Crippen LogP contribution in [0.2, 0.25) is 5.02 Å². The maximum absolute atomic E-state index is 12.9. The molecule has 2 rings (SSSR count). The van der Waals surface area contributed by atoms with Gasteiger partial charge in [0, 0.05) is 7.05 Å². The molecule has 27 heavy (non-hydrogen) atoms. The van der Waals surface area contributed by atoms with Crippen LogP contribution < -0.4 is 5.32 Å². The fraction of sp³-hybridized carbons (Fsp3) is 0.188. The molecule has 0 radical (unpaired) electrons. The van der Waals surface area contributed by atoms with Gasteiger partial charge in [0.1, 0.15) is 5.82 Å². The molecule has 0 heterocycles. The smallest absolute Gasteiger partial charge is 0.324 e. The number of carbonyl (C=O) groups is 1. The van der Waals surface area contributed by atoms with Crippen molar-refractivity contribution in [1.82, 2.24) is 4.31 Å². The van der Waals surface area contributed by atoms with Gasteiger partial charge >= 0.3 is 6.18 Å². The van der Waals surface area contributed by atoms with E-state index in [1.54, 1.807) is 0 Å². The molecule has 0 spiro atoms. The molecule has 0 fully saturated rings. The number of amides is 1. The normalized spacial score (nSPS) is 12.3. The van der Waals surface area contributed by atoms with Crippen LogP contribution in [-0.2, 0) is 21.0 Å². The molecule has 0 aromatic heterocycles. The lowest BCUT2D eigenvalue weighted by molar-refractivity contribution is -0.137. The van der Waals surface area contributed by atoms with Crippen LogP contribution in [0, 0.1) is 5.82 Å². The molecule has 0 unspecified atom stereocenters. The van der Waals surface area contributed by atoms with Crippen molar-refractivity contribution in [3.63, 3.8) is 0 Å². The van der Waals surface area contributed by atoms with Gasteiger partial charge in [-0.15, -0.1) is 0 Å². The fourth-order valence-electron chi connectivity index (χ4n) is 2.06. The molecular weight excluding hydrogens is 412 g/mol. The molecule has 0 aliphatic heterocycles. The highest BCUT2D eigenvalue weighted by molar-refractivity contribution is 7.89. The molecule has 2 aromatic rings. The fourth-order valence-corrected chi connectivity index (χ4v) is 3.35. The maximum Gasteiger partial charge on any atom is 0.416 e. The average Bonchev–Trinajstić information content (AvgIpc) is 2.56. The number of halogens is 5. The second-order valence-electron chi connectivity index (χ2n) is 5.46. The highest BCUT2D eigenvalue weighted by Crippen LogP contribution is 2.33. The zero-order chi connectivity index (χ0) is 20.4. The molecule has 11 heteroatoms. The molecule has 5 nitrogen and oxygen atoms in total. The van der Waals surface area contributed by atoms with Gasteiger partial charge < -0.3 is 5.32 Å². The Labute approximate surface area is 157 Å². The van der Waals surface area contributed by atoms with Gasteiger partial charge in [-0.05, 0) is 42.5 Å². The first kappa shape index (κ1) is 21.1. The quantitative estimate of drug-likeness (QED) is 0.743. The molecule has 0 aliphatic rings. The highest BCUT2D eigenvalue weighted by atomic mass is 35.5. The Morgan fingerprint density at radius 1 is 1.15 bits per heavy atom. The monoisotopic (exact) mass is 424 g/mol. The van der Waals surface area contributed by atoms with Gasteiger partial charge in [-0.1, -0.05) is 11.6 Å². The van der Waals surface area contributed by atoms with Crippen LogP contribution in [0.25, 0.3) is 0 Å². The average molecular weight is 425 g/mol. The number of benzene rings is 2. The Kier molecular flexibility index (Phi) is 6.13. The second kappa shape index (κ2) is 7.83. The van der Waals surface area contributed by atoms with Crippen molar-refractivity contribution < 1.29 is 30.8 Å². The molecule has 2 aromatic carbocycles. The van der Waals surface area contributed by atoms with Crippen LogP contribution in [0.3, 0.4) is 0 Å². The third-order valence-corrected chi connectivity index (χ3v) is 5.60. The lowest BCUT2D eigenvalue weighted by Gasteiger charge is -2.17.